The standard InChI is InChI=1S/C9H14NO2/c1-10(2,3)6-9-8(7-11)4-5-12-9/h4-5,7H,6H2,1-3H3/q+1. The van der Waals surface area contributed by atoms with E-state index in [1.807, 2.05) is 0 Å². The molecule has 12 heavy (non-hydrogen) atoms. The molecule has 0 spiro atoms. The van der Waals surface area contributed by atoms with Gasteiger partial charge < -0.3 is 8.90 Å². The number of carbonyl (C=O) groups excluding carboxylic acids is 1. The van der Waals surface area contributed by atoms with Gasteiger partial charge in [0.2, 0.25) is 0 Å². The minimum Gasteiger partial charge on any atom is -0.463 e. The second kappa shape index (κ2) is 3.11. The van der Waals surface area contributed by atoms with Crippen molar-refractivity contribution < 1.29 is 13.7 Å². The van der Waals surface area contributed by atoms with Gasteiger partial charge in [0.25, 0.3) is 0 Å². The Morgan fingerprint density at radius 3 is 2.67 bits per heavy atom. The highest BCUT2D eigenvalue weighted by molar-refractivity contribution is 5.75. The molecule has 0 unspecified atom stereocenters. The molecule has 1 aromatic heterocycles. The maximum Gasteiger partial charge on any atom is 0.168 e. The number of furan rings is 1. The van der Waals surface area contributed by atoms with Gasteiger partial charge in [-0.15, -0.1) is 0 Å². The van der Waals surface area contributed by atoms with Crippen LogP contribution in [0.2, 0.25) is 0 Å². The van der Waals surface area contributed by atoms with Gasteiger partial charge in [0.15, 0.2) is 12.0 Å². The topological polar surface area (TPSA) is 30.2 Å². The fraction of sp³-hybridized carbons (Fsp3) is 0.444. The third-order valence-corrected chi connectivity index (χ3v) is 1.52. The van der Waals surface area contributed by atoms with Gasteiger partial charge in [-0.3, -0.25) is 4.79 Å². The maximum atomic E-state index is 10.5. The summed E-state index contributed by atoms with van der Waals surface area (Å²) in [6.07, 6.45) is 2.38. The molecule has 0 aliphatic carbocycles. The van der Waals surface area contributed by atoms with E-state index in [-0.39, 0.29) is 0 Å². The van der Waals surface area contributed by atoms with Crippen molar-refractivity contribution in [2.45, 2.75) is 6.54 Å². The summed E-state index contributed by atoms with van der Waals surface area (Å²) in [6, 6.07) is 1.69. The predicted octanol–water partition coefficient (Wildman–Crippen LogP) is 1.30. The lowest BCUT2D eigenvalue weighted by Crippen LogP contribution is -2.33. The molecule has 0 aliphatic rings. The summed E-state index contributed by atoms with van der Waals surface area (Å²) in [5.74, 6) is 0.762. The van der Waals surface area contributed by atoms with Crippen LogP contribution in [0.15, 0.2) is 16.7 Å². The molecule has 1 rings (SSSR count). The summed E-state index contributed by atoms with van der Waals surface area (Å²) < 4.78 is 5.94. The molecule has 0 saturated carbocycles. The maximum absolute atomic E-state index is 10.5. The second-order valence-electron chi connectivity index (χ2n) is 3.87. The molecular formula is C9H14NO2+. The molecule has 1 aromatic rings. The minimum atomic E-state index is 0.656. The Balaban J connectivity index is 2.81. The van der Waals surface area contributed by atoms with Crippen molar-refractivity contribution >= 4 is 6.29 Å². The first-order valence-electron chi connectivity index (χ1n) is 3.85. The first kappa shape index (κ1) is 9.00. The van der Waals surface area contributed by atoms with Crippen LogP contribution in [-0.2, 0) is 6.54 Å². The molecule has 0 fully saturated rings. The van der Waals surface area contributed by atoms with Crippen molar-refractivity contribution in [1.82, 2.24) is 0 Å². The number of nitrogens with zero attached hydrogens (tertiary/aromatic N) is 1. The van der Waals surface area contributed by atoms with Crippen LogP contribution in [0, 0.1) is 0 Å². The zero-order chi connectivity index (χ0) is 9.19. The van der Waals surface area contributed by atoms with Crippen LogP contribution in [0.1, 0.15) is 16.1 Å². The van der Waals surface area contributed by atoms with Gasteiger partial charge in [-0.25, -0.2) is 0 Å². The fourth-order valence-corrected chi connectivity index (χ4v) is 1.01. The number of quaternary nitrogens is 1. The van der Waals surface area contributed by atoms with Crippen LogP contribution in [0.25, 0.3) is 0 Å². The zero-order valence-electron chi connectivity index (χ0n) is 7.70. The normalized spacial score (nSPS) is 11.6. The van der Waals surface area contributed by atoms with Crippen molar-refractivity contribution in [3.05, 3.63) is 23.7 Å². The largest absolute Gasteiger partial charge is 0.463 e. The highest BCUT2D eigenvalue weighted by Gasteiger charge is 2.14. The van der Waals surface area contributed by atoms with E-state index < -0.39 is 0 Å². The van der Waals surface area contributed by atoms with Gasteiger partial charge in [0.1, 0.15) is 6.54 Å². The van der Waals surface area contributed by atoms with E-state index in [4.69, 9.17) is 4.42 Å². The molecule has 0 radical (unpaired) electrons. The highest BCUT2D eigenvalue weighted by atomic mass is 16.3. The number of aldehydes is 1. The van der Waals surface area contributed by atoms with Gasteiger partial charge in [-0.1, -0.05) is 0 Å². The third-order valence-electron chi connectivity index (χ3n) is 1.52. The summed E-state index contributed by atoms with van der Waals surface area (Å²) in [6.45, 7) is 0.737. The Hall–Kier alpha value is -1.09. The fourth-order valence-electron chi connectivity index (χ4n) is 1.01. The second-order valence-corrected chi connectivity index (χ2v) is 3.87. The number of hydrogen-bond acceptors (Lipinski definition) is 2. The predicted molar refractivity (Wildman–Crippen MR) is 45.8 cm³/mol. The third kappa shape index (κ3) is 2.20. The van der Waals surface area contributed by atoms with E-state index in [0.717, 1.165) is 23.1 Å². The van der Waals surface area contributed by atoms with Crippen molar-refractivity contribution in [2.24, 2.45) is 0 Å². The van der Waals surface area contributed by atoms with E-state index in [1.165, 1.54) is 0 Å². The van der Waals surface area contributed by atoms with E-state index in [2.05, 4.69) is 21.1 Å². The lowest BCUT2D eigenvalue weighted by atomic mass is 10.2. The summed E-state index contributed by atoms with van der Waals surface area (Å²) in [4.78, 5) is 10.5. The van der Waals surface area contributed by atoms with Crippen LogP contribution in [0.4, 0.5) is 0 Å². The molecule has 0 saturated heterocycles. The van der Waals surface area contributed by atoms with Crippen LogP contribution < -0.4 is 0 Å². The number of rotatable bonds is 3. The van der Waals surface area contributed by atoms with E-state index in [0.29, 0.717) is 5.56 Å². The van der Waals surface area contributed by atoms with Gasteiger partial charge >= 0.3 is 0 Å². The Kier molecular flexibility index (Phi) is 2.33. The molecular weight excluding hydrogens is 154 g/mol. The molecule has 1 heterocycles. The molecule has 3 heteroatoms. The SMILES string of the molecule is C[N+](C)(C)Cc1occc1C=O. The summed E-state index contributed by atoms with van der Waals surface area (Å²) in [7, 11) is 6.16. The molecule has 0 amide bonds. The van der Waals surface area contributed by atoms with Gasteiger partial charge in [-0.05, 0) is 6.07 Å². The quantitative estimate of drug-likeness (QED) is 0.503. The lowest BCUT2D eigenvalue weighted by Gasteiger charge is -2.22. The Labute approximate surface area is 72.2 Å². The van der Waals surface area contributed by atoms with Gasteiger partial charge in [0.05, 0.1) is 33.0 Å². The molecule has 0 aliphatic heterocycles. The van der Waals surface area contributed by atoms with Crippen molar-refractivity contribution in [3.63, 3.8) is 0 Å². The monoisotopic (exact) mass is 168 g/mol. The minimum absolute atomic E-state index is 0.656. The van der Waals surface area contributed by atoms with E-state index in [9.17, 15) is 4.79 Å². The highest BCUT2D eigenvalue weighted by Crippen LogP contribution is 2.12. The van der Waals surface area contributed by atoms with E-state index >= 15 is 0 Å². The molecule has 66 valence electrons. The summed E-state index contributed by atoms with van der Waals surface area (Å²) in [5.41, 5.74) is 0.656. The van der Waals surface area contributed by atoms with E-state index in [1.54, 1.807) is 12.3 Å². The first-order chi connectivity index (χ1) is 5.53. The van der Waals surface area contributed by atoms with Crippen molar-refractivity contribution in [3.8, 4) is 0 Å². The van der Waals surface area contributed by atoms with Crippen LogP contribution in [0.3, 0.4) is 0 Å². The molecule has 0 bridgehead atoms. The average Bonchev–Trinajstić information content (AvgIpc) is 2.31. The van der Waals surface area contributed by atoms with Crippen LogP contribution >= 0.6 is 0 Å². The number of carbonyl (C=O) groups is 1. The Bertz CT molecular complexity index is 270. The zero-order valence-corrected chi connectivity index (χ0v) is 7.70. The molecule has 0 aromatic carbocycles. The van der Waals surface area contributed by atoms with Crippen molar-refractivity contribution in [1.29, 1.82) is 0 Å². The van der Waals surface area contributed by atoms with Crippen LogP contribution in [0.5, 0.6) is 0 Å². The molecule has 3 nitrogen and oxygen atoms in total. The summed E-state index contributed by atoms with van der Waals surface area (Å²) >= 11 is 0. The molecule has 0 N–H and O–H groups in total. The Morgan fingerprint density at radius 2 is 2.17 bits per heavy atom. The average molecular weight is 168 g/mol. The molecule has 0 atom stereocenters. The Morgan fingerprint density at radius 1 is 1.50 bits per heavy atom. The number of hydrogen-bond donors (Lipinski definition) is 0. The van der Waals surface area contributed by atoms with Gasteiger partial charge in [0, 0.05) is 0 Å². The van der Waals surface area contributed by atoms with Gasteiger partial charge in [-0.2, -0.15) is 0 Å². The van der Waals surface area contributed by atoms with Crippen LogP contribution in [-0.4, -0.2) is 31.9 Å². The first-order valence-corrected chi connectivity index (χ1v) is 3.85. The van der Waals surface area contributed by atoms with Crippen molar-refractivity contribution in [2.75, 3.05) is 21.1 Å². The summed E-state index contributed by atoms with van der Waals surface area (Å²) in [5, 5.41) is 0. The lowest BCUT2D eigenvalue weighted by molar-refractivity contribution is -0.884. The smallest absolute Gasteiger partial charge is 0.168 e.